The molecule has 4 aliphatic rings. The third kappa shape index (κ3) is 3.76. The predicted octanol–water partition coefficient (Wildman–Crippen LogP) is 6.32. The van der Waals surface area contributed by atoms with Crippen LogP contribution in [0.3, 0.4) is 0 Å². The van der Waals surface area contributed by atoms with Gasteiger partial charge in [0.15, 0.2) is 23.1 Å². The molecule has 8 rings (SSSR count). The predicted molar refractivity (Wildman–Crippen MR) is 152 cm³/mol. The maximum atomic E-state index is 12.5. The summed E-state index contributed by atoms with van der Waals surface area (Å²) < 4.78 is 0. The van der Waals surface area contributed by atoms with Gasteiger partial charge < -0.3 is 0 Å². The van der Waals surface area contributed by atoms with Crippen molar-refractivity contribution in [1.29, 1.82) is 0 Å². The van der Waals surface area contributed by atoms with Gasteiger partial charge in [-0.15, -0.1) is 0 Å². The lowest BCUT2D eigenvalue weighted by molar-refractivity contribution is 0.100. The first-order valence-electron chi connectivity index (χ1n) is 13.5. The molecule has 40 heavy (non-hydrogen) atoms. The zero-order valence-corrected chi connectivity index (χ0v) is 21.7. The topological polar surface area (TPSA) is 68.3 Å². The molecule has 4 aromatic rings. The van der Waals surface area contributed by atoms with E-state index in [2.05, 4.69) is 0 Å². The number of Topliss-reactive ketones (excluding diaryl/α,β-unsaturated/α-hetero) is 4. The van der Waals surface area contributed by atoms with E-state index in [1.165, 1.54) is 0 Å². The number of carbonyl (C=O) groups is 4. The average Bonchev–Trinajstić information content (AvgIpc) is 3.71. The van der Waals surface area contributed by atoms with Gasteiger partial charge in [-0.05, 0) is 22.3 Å². The van der Waals surface area contributed by atoms with Gasteiger partial charge in [-0.25, -0.2) is 0 Å². The molecule has 0 aliphatic heterocycles. The molecule has 4 aromatic carbocycles. The highest BCUT2D eigenvalue weighted by Gasteiger charge is 2.35. The highest BCUT2D eigenvalue weighted by Crippen LogP contribution is 2.36. The van der Waals surface area contributed by atoms with Gasteiger partial charge >= 0.3 is 0 Å². The fourth-order valence-corrected chi connectivity index (χ4v) is 6.29. The number of hydrogen-bond donors (Lipinski definition) is 0. The van der Waals surface area contributed by atoms with E-state index in [1.54, 1.807) is 0 Å². The molecule has 0 amide bonds. The molecule has 0 bridgehead atoms. The number of hydrogen-bond acceptors (Lipinski definition) is 4. The summed E-state index contributed by atoms with van der Waals surface area (Å²) in [5.41, 5.74) is 9.87. The van der Waals surface area contributed by atoms with Gasteiger partial charge in [0.25, 0.3) is 0 Å². The Bertz CT molecular complexity index is 1600. The summed E-state index contributed by atoms with van der Waals surface area (Å²) in [6.45, 7) is 0. The van der Waals surface area contributed by atoms with E-state index in [0.717, 1.165) is 44.5 Å². The van der Waals surface area contributed by atoms with E-state index < -0.39 is 0 Å². The molecule has 0 radical (unpaired) electrons. The molecule has 0 saturated heterocycles. The smallest absolute Gasteiger partial charge is 0.190 e. The Hall–Kier alpha value is -4.96. The summed E-state index contributed by atoms with van der Waals surface area (Å²) in [6.07, 6.45) is 2.35. The lowest BCUT2D eigenvalue weighted by atomic mass is 10.0. The van der Waals surface area contributed by atoms with Crippen LogP contribution in [0.1, 0.15) is 63.7 Å². The molecule has 0 unspecified atom stereocenters. The molecule has 0 N–H and O–H groups in total. The maximum absolute atomic E-state index is 12.5. The van der Waals surface area contributed by atoms with Crippen LogP contribution in [-0.4, -0.2) is 23.1 Å². The molecule has 0 atom stereocenters. The Morgan fingerprint density at radius 2 is 0.500 bits per heavy atom. The fourth-order valence-electron chi connectivity index (χ4n) is 6.29. The van der Waals surface area contributed by atoms with Gasteiger partial charge in [-0.1, -0.05) is 97.1 Å². The first-order valence-corrected chi connectivity index (χ1v) is 13.5. The summed E-state index contributed by atoms with van der Waals surface area (Å²) in [6, 6.07) is 30.5. The lowest BCUT2D eigenvalue weighted by Gasteiger charge is -2.00. The quantitative estimate of drug-likeness (QED) is 0.255. The van der Waals surface area contributed by atoms with Crippen molar-refractivity contribution in [3.05, 3.63) is 164 Å². The zero-order valence-electron chi connectivity index (χ0n) is 21.7. The minimum atomic E-state index is 0.0248. The highest BCUT2D eigenvalue weighted by atomic mass is 16.1. The van der Waals surface area contributed by atoms with Gasteiger partial charge in [-0.2, -0.15) is 0 Å². The van der Waals surface area contributed by atoms with Crippen LogP contribution >= 0.6 is 0 Å². The molecule has 4 aliphatic carbocycles. The Morgan fingerprint density at radius 3 is 0.700 bits per heavy atom. The SMILES string of the molecule is O=C1/C(=C2/Cc3ccccc3C2=O)Cc2ccccc21.O=C1/C(=C2\Cc3ccccc3C2=O)Cc2ccccc21. The summed E-state index contributed by atoms with van der Waals surface area (Å²) in [5, 5.41) is 0. The number of fused-ring (bicyclic) bond motifs is 4. The second kappa shape index (κ2) is 9.35. The zero-order chi connectivity index (χ0) is 27.4. The molecule has 0 spiro atoms. The van der Waals surface area contributed by atoms with Gasteiger partial charge in [0.2, 0.25) is 0 Å². The Kier molecular flexibility index (Phi) is 5.64. The third-order valence-electron chi connectivity index (χ3n) is 8.34. The molecular weight excluding hydrogens is 496 g/mol. The van der Waals surface area contributed by atoms with E-state index >= 15 is 0 Å². The van der Waals surface area contributed by atoms with E-state index in [0.29, 0.717) is 48.0 Å². The third-order valence-corrected chi connectivity index (χ3v) is 8.34. The van der Waals surface area contributed by atoms with Crippen LogP contribution in [0.2, 0.25) is 0 Å². The van der Waals surface area contributed by atoms with Crippen molar-refractivity contribution < 1.29 is 19.2 Å². The first kappa shape index (κ1) is 24.1. The average molecular weight is 521 g/mol. The normalized spacial score (nSPS) is 20.2. The van der Waals surface area contributed by atoms with Crippen LogP contribution in [0.4, 0.5) is 0 Å². The van der Waals surface area contributed by atoms with Gasteiger partial charge in [0, 0.05) is 70.2 Å². The number of carbonyl (C=O) groups excluding carboxylic acids is 4. The van der Waals surface area contributed by atoms with E-state index in [4.69, 9.17) is 0 Å². The number of rotatable bonds is 0. The van der Waals surface area contributed by atoms with Crippen LogP contribution in [0.15, 0.2) is 119 Å². The molecule has 192 valence electrons. The standard InChI is InChI=1S/2C18H12O2/c2*19-17-13-7-3-1-5-11(13)9-15(17)16-10-12-6-2-4-8-14(12)18(16)20/h2*1-8H,9-10H2/b16-15+;16-15-. The number of ketones is 4. The van der Waals surface area contributed by atoms with Crippen molar-refractivity contribution in [3.8, 4) is 0 Å². The molecular formula is C36H24O4. The Morgan fingerprint density at radius 1 is 0.300 bits per heavy atom. The van der Waals surface area contributed by atoms with Crippen LogP contribution in [0.5, 0.6) is 0 Å². The highest BCUT2D eigenvalue weighted by molar-refractivity contribution is 6.23. The largest absolute Gasteiger partial charge is 0.289 e. The van der Waals surface area contributed by atoms with Crippen molar-refractivity contribution in [2.45, 2.75) is 25.7 Å². The van der Waals surface area contributed by atoms with E-state index in [9.17, 15) is 19.2 Å². The second-order valence-corrected chi connectivity index (χ2v) is 10.6. The van der Waals surface area contributed by atoms with Crippen LogP contribution in [0.25, 0.3) is 0 Å². The van der Waals surface area contributed by atoms with Crippen molar-refractivity contribution in [2.24, 2.45) is 0 Å². The van der Waals surface area contributed by atoms with Crippen LogP contribution in [0, 0.1) is 0 Å². The van der Waals surface area contributed by atoms with Gasteiger partial charge in [0.1, 0.15) is 0 Å². The minimum absolute atomic E-state index is 0.0248. The van der Waals surface area contributed by atoms with E-state index in [-0.39, 0.29) is 23.1 Å². The van der Waals surface area contributed by atoms with Crippen molar-refractivity contribution in [1.82, 2.24) is 0 Å². The maximum Gasteiger partial charge on any atom is 0.190 e. The lowest BCUT2D eigenvalue weighted by Crippen LogP contribution is -2.05. The summed E-state index contributed by atoms with van der Waals surface area (Å²) in [4.78, 5) is 49.9. The molecule has 0 heterocycles. The first-order chi connectivity index (χ1) is 19.5. The Labute approximate surface area is 231 Å². The summed E-state index contributed by atoms with van der Waals surface area (Å²) in [7, 11) is 0. The molecule has 4 heteroatoms. The van der Waals surface area contributed by atoms with Crippen molar-refractivity contribution >= 4 is 23.1 Å². The van der Waals surface area contributed by atoms with Crippen molar-refractivity contribution in [2.75, 3.05) is 0 Å². The second-order valence-electron chi connectivity index (χ2n) is 10.6. The van der Waals surface area contributed by atoms with Crippen LogP contribution < -0.4 is 0 Å². The fraction of sp³-hybridized carbons (Fsp3) is 0.111. The van der Waals surface area contributed by atoms with Crippen LogP contribution in [-0.2, 0) is 25.7 Å². The monoisotopic (exact) mass is 520 g/mol. The molecule has 0 aromatic heterocycles. The van der Waals surface area contributed by atoms with Crippen molar-refractivity contribution in [3.63, 3.8) is 0 Å². The Balaban J connectivity index is 0.000000132. The molecule has 4 nitrogen and oxygen atoms in total. The molecule has 0 fully saturated rings. The summed E-state index contributed by atoms with van der Waals surface area (Å²) in [5.74, 6) is 0.0991. The van der Waals surface area contributed by atoms with Gasteiger partial charge in [-0.3, -0.25) is 19.2 Å². The molecule has 0 saturated carbocycles. The number of benzene rings is 4. The summed E-state index contributed by atoms with van der Waals surface area (Å²) >= 11 is 0. The number of allylic oxidation sites excluding steroid dienone is 4. The van der Waals surface area contributed by atoms with Gasteiger partial charge in [0.05, 0.1) is 0 Å². The minimum Gasteiger partial charge on any atom is -0.289 e. The van der Waals surface area contributed by atoms with E-state index in [1.807, 2.05) is 97.1 Å².